The molecule has 18 heavy (non-hydrogen) atoms. The summed E-state index contributed by atoms with van der Waals surface area (Å²) in [6, 6.07) is 6.77. The van der Waals surface area contributed by atoms with Gasteiger partial charge in [-0.1, -0.05) is 24.3 Å². The van der Waals surface area contributed by atoms with Gasteiger partial charge in [-0.05, 0) is 11.2 Å². The van der Waals surface area contributed by atoms with E-state index in [9.17, 15) is 18.4 Å². The third kappa shape index (κ3) is 2.55. The summed E-state index contributed by atoms with van der Waals surface area (Å²) in [5, 5.41) is 12.4. The predicted molar refractivity (Wildman–Crippen MR) is 66.6 cm³/mol. The van der Waals surface area contributed by atoms with Crippen LogP contribution in [0, 0.1) is 4.91 Å². The predicted octanol–water partition coefficient (Wildman–Crippen LogP) is 1.81. The molecule has 6 nitrogen and oxygen atoms in total. The number of phenols is 1. The molecule has 0 bridgehead atoms. The number of fused-ring (bicyclic) bond motifs is 1. The topological polar surface area (TPSA) is 104 Å². The maximum absolute atomic E-state index is 11.2. The van der Waals surface area contributed by atoms with Gasteiger partial charge < -0.3 is 5.11 Å². The molecule has 0 saturated carbocycles. The van der Waals surface area contributed by atoms with E-state index in [2.05, 4.69) is 5.18 Å². The van der Waals surface area contributed by atoms with Gasteiger partial charge in [-0.2, -0.15) is 8.42 Å². The van der Waals surface area contributed by atoms with Crippen molar-refractivity contribution in [1.82, 2.24) is 0 Å². The third-order valence-corrected chi connectivity index (χ3v) is 3.23. The van der Waals surface area contributed by atoms with Crippen molar-refractivity contribution in [3.05, 3.63) is 35.2 Å². The van der Waals surface area contributed by atoms with Gasteiger partial charge in [-0.15, -0.1) is 4.91 Å². The van der Waals surface area contributed by atoms with Crippen LogP contribution in [0.1, 0.15) is 0 Å². The Kier molecular flexibility index (Phi) is 4.46. The van der Waals surface area contributed by atoms with Crippen molar-refractivity contribution in [2.24, 2.45) is 5.18 Å². The standard InChI is InChI=1S/C10H7NO5S.Na/c12-10-7-4-2-1-3-6(7)9(17(14,15)16)5-8(10)11-13;/h1-5,12H,(H,14,15,16);. The molecule has 2 N–H and O–H groups in total. The fraction of sp³-hybridized carbons (Fsp3) is 0. The molecule has 8 heteroatoms. The number of aromatic hydroxyl groups is 1. The molecule has 0 aliphatic rings. The molecule has 0 atom stereocenters. The number of hydrogen-bond donors (Lipinski definition) is 2. The Hall–Kier alpha value is -0.990. The first-order chi connectivity index (χ1) is 7.95. The second-order valence-corrected chi connectivity index (χ2v) is 4.74. The molecule has 0 fully saturated rings. The van der Waals surface area contributed by atoms with E-state index < -0.39 is 26.5 Å². The summed E-state index contributed by atoms with van der Waals surface area (Å²) in [5.41, 5.74) is -0.434. The van der Waals surface area contributed by atoms with Gasteiger partial charge in [0.25, 0.3) is 10.1 Å². The molecule has 0 heterocycles. The Morgan fingerprint density at radius 3 is 2.17 bits per heavy atom. The molecule has 1 radical (unpaired) electrons. The fourth-order valence-electron chi connectivity index (χ4n) is 1.60. The van der Waals surface area contributed by atoms with Gasteiger partial charge >= 0.3 is 0 Å². The van der Waals surface area contributed by atoms with Gasteiger partial charge in [0.1, 0.15) is 4.90 Å². The van der Waals surface area contributed by atoms with Crippen LogP contribution in [-0.2, 0) is 10.1 Å². The minimum atomic E-state index is -4.49. The van der Waals surface area contributed by atoms with E-state index in [1.165, 1.54) is 12.1 Å². The molecule has 2 aromatic carbocycles. The van der Waals surface area contributed by atoms with E-state index in [-0.39, 0.29) is 40.3 Å². The summed E-state index contributed by atoms with van der Waals surface area (Å²) in [5.74, 6) is -0.414. The second kappa shape index (κ2) is 5.33. The minimum Gasteiger partial charge on any atom is -0.505 e. The SMILES string of the molecule is O=Nc1cc(S(=O)(=O)O)c2ccccc2c1O.[Na]. The van der Waals surface area contributed by atoms with Crippen molar-refractivity contribution in [3.8, 4) is 5.75 Å². The van der Waals surface area contributed by atoms with E-state index in [4.69, 9.17) is 4.55 Å². The number of phenolic OH excluding ortho intramolecular Hbond substituents is 1. The maximum atomic E-state index is 11.2. The Morgan fingerprint density at radius 2 is 1.67 bits per heavy atom. The first kappa shape index (κ1) is 15.1. The van der Waals surface area contributed by atoms with Crippen LogP contribution in [0.4, 0.5) is 5.69 Å². The monoisotopic (exact) mass is 276 g/mol. The van der Waals surface area contributed by atoms with E-state index in [1.54, 1.807) is 12.1 Å². The first-order valence-corrected chi connectivity index (χ1v) is 5.94. The van der Waals surface area contributed by atoms with E-state index in [0.717, 1.165) is 6.07 Å². The van der Waals surface area contributed by atoms with Gasteiger partial charge in [0.05, 0.1) is 0 Å². The van der Waals surface area contributed by atoms with E-state index in [0.29, 0.717) is 0 Å². The quantitative estimate of drug-likeness (QED) is 0.494. The first-order valence-electron chi connectivity index (χ1n) is 4.50. The number of nitrogens with zero attached hydrogens (tertiary/aromatic N) is 1. The van der Waals surface area contributed by atoms with Gasteiger partial charge in [0.15, 0.2) is 11.4 Å². The number of rotatable bonds is 2. The minimum absolute atomic E-state index is 0. The Balaban J connectivity index is 0.00000162. The van der Waals surface area contributed by atoms with Crippen molar-refractivity contribution in [2.75, 3.05) is 0 Å². The van der Waals surface area contributed by atoms with Gasteiger partial charge in [-0.3, -0.25) is 4.55 Å². The van der Waals surface area contributed by atoms with Crippen molar-refractivity contribution >= 4 is 56.1 Å². The summed E-state index contributed by atoms with van der Waals surface area (Å²) in [7, 11) is -4.49. The van der Waals surface area contributed by atoms with Crippen LogP contribution >= 0.6 is 0 Å². The Labute approximate surface area is 125 Å². The van der Waals surface area contributed by atoms with E-state index >= 15 is 0 Å². The summed E-state index contributed by atoms with van der Waals surface area (Å²) >= 11 is 0. The zero-order valence-electron chi connectivity index (χ0n) is 9.36. The molecule has 89 valence electrons. The van der Waals surface area contributed by atoms with Gasteiger partial charge in [-0.25, -0.2) is 0 Å². The summed E-state index contributed by atoms with van der Waals surface area (Å²) in [6.07, 6.45) is 0. The molecule has 0 aliphatic heterocycles. The third-order valence-electron chi connectivity index (χ3n) is 2.33. The number of nitroso groups, excluding NO2 is 1. The summed E-state index contributed by atoms with van der Waals surface area (Å²) < 4.78 is 31.4. The summed E-state index contributed by atoms with van der Waals surface area (Å²) in [4.78, 5) is 10.0. The average molecular weight is 276 g/mol. The molecule has 0 spiro atoms. The van der Waals surface area contributed by atoms with Crippen molar-refractivity contribution in [3.63, 3.8) is 0 Å². The fourth-order valence-corrected chi connectivity index (χ4v) is 2.31. The second-order valence-electron chi connectivity index (χ2n) is 3.35. The van der Waals surface area contributed by atoms with Crippen molar-refractivity contribution in [2.45, 2.75) is 4.90 Å². The zero-order valence-corrected chi connectivity index (χ0v) is 12.2. The number of benzene rings is 2. The molecule has 2 rings (SSSR count). The normalized spacial score (nSPS) is 10.9. The van der Waals surface area contributed by atoms with Crippen LogP contribution < -0.4 is 0 Å². The number of hydrogen-bond acceptors (Lipinski definition) is 5. The smallest absolute Gasteiger partial charge is 0.295 e. The molecule has 0 aromatic heterocycles. The molecule has 0 amide bonds. The van der Waals surface area contributed by atoms with Gasteiger partial charge in [0, 0.05) is 40.3 Å². The Morgan fingerprint density at radius 1 is 1.11 bits per heavy atom. The molecular weight excluding hydrogens is 269 g/mol. The molecular formula is C10H7NNaO5S. The molecule has 0 aliphatic carbocycles. The van der Waals surface area contributed by atoms with Crippen LogP contribution in [0.15, 0.2) is 40.4 Å². The van der Waals surface area contributed by atoms with Crippen LogP contribution in [0.5, 0.6) is 5.75 Å². The van der Waals surface area contributed by atoms with Crippen molar-refractivity contribution < 1.29 is 18.1 Å². The largest absolute Gasteiger partial charge is 0.505 e. The maximum Gasteiger partial charge on any atom is 0.295 e. The van der Waals surface area contributed by atoms with Crippen LogP contribution in [0.3, 0.4) is 0 Å². The van der Waals surface area contributed by atoms with Crippen LogP contribution in [-0.4, -0.2) is 47.6 Å². The summed E-state index contributed by atoms with van der Waals surface area (Å²) in [6.45, 7) is 0. The van der Waals surface area contributed by atoms with E-state index in [1.807, 2.05) is 0 Å². The molecule has 2 aromatic rings. The Bertz CT molecular complexity index is 714. The van der Waals surface area contributed by atoms with Crippen molar-refractivity contribution in [1.29, 1.82) is 0 Å². The van der Waals surface area contributed by atoms with Crippen LogP contribution in [0.2, 0.25) is 0 Å². The van der Waals surface area contributed by atoms with Crippen LogP contribution in [0.25, 0.3) is 10.8 Å². The average Bonchev–Trinajstić information content (AvgIpc) is 2.28. The zero-order chi connectivity index (χ0) is 12.6. The molecule has 0 unspecified atom stereocenters. The molecule has 0 saturated heterocycles. The van der Waals surface area contributed by atoms with Gasteiger partial charge in [0.2, 0.25) is 0 Å².